The molecule has 1 unspecified atom stereocenters. The largest absolute Gasteiger partial charge is 0.455 e. The number of furan rings is 1. The Morgan fingerprint density at radius 1 is 0.957 bits per heavy atom. The molecule has 0 saturated heterocycles. The number of halogens is 2. The van der Waals surface area contributed by atoms with Gasteiger partial charge in [-0.25, -0.2) is 22.0 Å². The molecule has 0 aliphatic rings. The lowest BCUT2D eigenvalue weighted by atomic mass is 9.97. The number of hydrogen-bond acceptors (Lipinski definition) is 8. The van der Waals surface area contributed by atoms with Gasteiger partial charge in [0.15, 0.2) is 26.4 Å². The smallest absolute Gasteiger partial charge is 0.255 e. The number of hydrogen-bond donors (Lipinski definition) is 1. The van der Waals surface area contributed by atoms with E-state index in [4.69, 9.17) is 20.4 Å². The molecular weight excluding hydrogens is 669 g/mol. The van der Waals surface area contributed by atoms with E-state index < -0.39 is 37.7 Å². The Labute approximate surface area is 275 Å². The topological polar surface area (TPSA) is 140 Å². The van der Waals surface area contributed by atoms with Gasteiger partial charge in [0.1, 0.15) is 22.7 Å². The van der Waals surface area contributed by atoms with Crippen LogP contribution in [0.4, 0.5) is 10.1 Å². The van der Waals surface area contributed by atoms with Crippen molar-refractivity contribution in [2.45, 2.75) is 11.8 Å². The summed E-state index contributed by atoms with van der Waals surface area (Å²) in [5, 5.41) is 2.66. The first-order chi connectivity index (χ1) is 22.3. The summed E-state index contributed by atoms with van der Waals surface area (Å²) >= 11 is 6.32. The van der Waals surface area contributed by atoms with Gasteiger partial charge in [-0.1, -0.05) is 23.7 Å². The summed E-state index contributed by atoms with van der Waals surface area (Å²) in [4.78, 5) is 29.9. The van der Waals surface area contributed by atoms with Gasteiger partial charge in [0.2, 0.25) is 11.0 Å². The summed E-state index contributed by atoms with van der Waals surface area (Å²) in [7, 11) is -3.01. The van der Waals surface area contributed by atoms with Crippen molar-refractivity contribution in [1.29, 1.82) is 0 Å². The molecule has 0 spiro atoms. The van der Waals surface area contributed by atoms with Gasteiger partial charge >= 0.3 is 0 Å². The van der Waals surface area contributed by atoms with Crippen LogP contribution in [0.15, 0.2) is 86.5 Å². The molecule has 0 fully saturated rings. The van der Waals surface area contributed by atoms with Crippen molar-refractivity contribution >= 4 is 71.2 Å². The third-order valence-corrected chi connectivity index (χ3v) is 10.1. The minimum absolute atomic E-state index is 0.00775. The fourth-order valence-corrected chi connectivity index (χ4v) is 7.06. The van der Waals surface area contributed by atoms with E-state index in [1.165, 1.54) is 61.7 Å². The van der Waals surface area contributed by atoms with Crippen LogP contribution in [-0.2, 0) is 25.6 Å². The zero-order valence-corrected chi connectivity index (χ0v) is 27.6. The molecule has 1 atom stereocenters. The monoisotopic (exact) mass is 693 g/mol. The zero-order chi connectivity index (χ0) is 33.8. The van der Waals surface area contributed by atoms with Crippen LogP contribution < -0.4 is 9.62 Å². The number of nitrogens with one attached hydrogen (secondary N) is 1. The quantitative estimate of drug-likeness (QED) is 0.193. The number of aromatic nitrogens is 1. The molecule has 0 bridgehead atoms. The Hall–Kier alpha value is -4.85. The molecule has 2 heterocycles. The first kappa shape index (κ1) is 32.1. The summed E-state index contributed by atoms with van der Waals surface area (Å²) in [5.74, 6) is -0.807. The van der Waals surface area contributed by atoms with Gasteiger partial charge in [0, 0.05) is 49.9 Å². The van der Waals surface area contributed by atoms with Crippen molar-refractivity contribution in [2.24, 2.45) is 0 Å². The van der Waals surface area contributed by atoms with Crippen molar-refractivity contribution in [3.8, 4) is 33.9 Å². The average Bonchev–Trinajstić information content (AvgIpc) is 3.65. The average molecular weight is 694 g/mol. The lowest BCUT2D eigenvalue weighted by Crippen LogP contribution is -2.25. The number of para-hydroxylation sites is 1. The van der Waals surface area contributed by atoms with Crippen molar-refractivity contribution < 1.29 is 35.4 Å². The van der Waals surface area contributed by atoms with Crippen LogP contribution in [0.1, 0.15) is 17.3 Å². The van der Waals surface area contributed by atoms with Crippen LogP contribution in [0.25, 0.3) is 56.0 Å². The van der Waals surface area contributed by atoms with E-state index in [9.17, 15) is 26.6 Å². The van der Waals surface area contributed by atoms with Gasteiger partial charge in [-0.2, -0.15) is 0 Å². The van der Waals surface area contributed by atoms with Crippen LogP contribution in [0.5, 0.6) is 0 Å². The highest BCUT2D eigenvalue weighted by atomic mass is 35.5. The van der Waals surface area contributed by atoms with Crippen molar-refractivity contribution in [3.63, 3.8) is 0 Å². The van der Waals surface area contributed by atoms with E-state index >= 15 is 0 Å². The second-order valence-electron chi connectivity index (χ2n) is 10.6. The van der Waals surface area contributed by atoms with Crippen molar-refractivity contribution in [3.05, 3.63) is 89.2 Å². The Bertz CT molecular complexity index is 2390. The second kappa shape index (κ2) is 12.1. The van der Waals surface area contributed by atoms with Gasteiger partial charge in [0.05, 0.1) is 26.7 Å². The van der Waals surface area contributed by atoms with E-state index in [1.54, 1.807) is 36.4 Å². The first-order valence-electron chi connectivity index (χ1n) is 13.9. The summed E-state index contributed by atoms with van der Waals surface area (Å²) in [6, 6.07) is 18.0. The molecule has 240 valence electrons. The zero-order valence-electron chi connectivity index (χ0n) is 25.3. The number of amides is 1. The first-order valence-corrected chi connectivity index (χ1v) is 17.3. The molecule has 1 N–H and O–H groups in total. The third kappa shape index (κ3) is 5.81. The highest BCUT2D eigenvalue weighted by Crippen LogP contribution is 2.43. The maximum atomic E-state index is 13.8. The van der Waals surface area contributed by atoms with Crippen LogP contribution >= 0.6 is 11.6 Å². The lowest BCUT2D eigenvalue weighted by molar-refractivity contribution is -0.109. The molecule has 4 aromatic carbocycles. The predicted octanol–water partition coefficient (Wildman–Crippen LogP) is 6.78. The number of benzene rings is 4. The molecule has 0 radical (unpaired) electrons. The second-order valence-corrected chi connectivity index (χ2v) is 14.6. The number of fused-ring (bicyclic) bond motifs is 2. The Kier molecular flexibility index (Phi) is 8.24. The molecular formula is C33H25ClFN3O7S2. The Morgan fingerprint density at radius 2 is 1.66 bits per heavy atom. The van der Waals surface area contributed by atoms with Gasteiger partial charge in [0.25, 0.3) is 5.91 Å². The van der Waals surface area contributed by atoms with Crippen LogP contribution in [-0.4, -0.2) is 49.0 Å². The predicted molar refractivity (Wildman–Crippen MR) is 179 cm³/mol. The summed E-state index contributed by atoms with van der Waals surface area (Å²) in [6.45, 7) is 1.19. The summed E-state index contributed by atoms with van der Waals surface area (Å²) in [5.41, 5.74) is 2.68. The number of carbonyl (C=O) groups excluding carboxylic acids is 2. The van der Waals surface area contributed by atoms with Gasteiger partial charge in [-0.05, 0) is 60.2 Å². The van der Waals surface area contributed by atoms with E-state index in [0.29, 0.717) is 38.2 Å². The molecule has 6 aromatic rings. The summed E-state index contributed by atoms with van der Waals surface area (Å²) < 4.78 is 66.1. The maximum Gasteiger partial charge on any atom is 0.255 e. The molecule has 2 aromatic heterocycles. The van der Waals surface area contributed by atoms with E-state index in [2.05, 4.69) is 10.3 Å². The number of anilines is 1. The molecule has 1 amide bonds. The Morgan fingerprint density at radius 3 is 2.30 bits per heavy atom. The number of rotatable bonds is 7. The molecule has 10 nitrogen and oxygen atoms in total. The summed E-state index contributed by atoms with van der Waals surface area (Å²) in [6.07, 6.45) is 1.06. The van der Waals surface area contributed by atoms with Crippen LogP contribution in [0.2, 0.25) is 5.02 Å². The molecule has 6 rings (SSSR count). The minimum Gasteiger partial charge on any atom is -0.455 e. The number of nitrogens with zero attached hydrogens (tertiary/aromatic N) is 2. The normalized spacial score (nSPS) is 12.4. The van der Waals surface area contributed by atoms with Gasteiger partial charge in [-0.15, -0.1) is 0 Å². The lowest BCUT2D eigenvalue weighted by Gasteiger charge is -2.21. The highest BCUT2D eigenvalue weighted by Gasteiger charge is 2.27. The van der Waals surface area contributed by atoms with Gasteiger partial charge < -0.3 is 14.2 Å². The molecule has 0 aliphatic heterocycles. The number of carbonyl (C=O) groups is 2. The van der Waals surface area contributed by atoms with Crippen LogP contribution in [0, 0.1) is 5.82 Å². The van der Waals surface area contributed by atoms with Crippen molar-refractivity contribution in [1.82, 2.24) is 10.3 Å². The number of sulfone groups is 1. The van der Waals surface area contributed by atoms with Crippen molar-refractivity contribution in [2.75, 3.05) is 24.7 Å². The molecule has 47 heavy (non-hydrogen) atoms. The SMILES string of the molecule is CNC(=O)c1c(-c2ccc(F)cc2)oc2cc(N(C)S(=O)C(C)=O)c(-c3ccc(S(C)(=O)=O)c(-c4nc5c(Cl)cccc5o4)c3)cc12. The fourth-order valence-electron chi connectivity index (χ4n) is 5.28. The van der Waals surface area contributed by atoms with Gasteiger partial charge in [-0.3, -0.25) is 13.9 Å². The van der Waals surface area contributed by atoms with E-state index in [1.807, 2.05) is 0 Å². The molecule has 0 aliphatic carbocycles. The molecule has 0 saturated carbocycles. The van der Waals surface area contributed by atoms with Crippen LogP contribution in [0.3, 0.4) is 0 Å². The number of oxazole rings is 1. The maximum absolute atomic E-state index is 13.8. The highest BCUT2D eigenvalue weighted by molar-refractivity contribution is 8.01. The Balaban J connectivity index is 1.67. The molecule has 14 heteroatoms. The standard InChI is InChI=1S/C33H25ClFN3O7S2/c1-17(39)46(41)38(3)25-16-27-22(29(32(40)36-2)31(44-27)18-8-11-20(35)12-9-18)15-21(25)19-10-13-28(47(4,42)43)23(14-19)33-37-30-24(34)6-5-7-26(30)45-33/h5-16H,1-4H3,(H,36,40). The van der Waals surface area contributed by atoms with E-state index in [0.717, 1.165) is 6.26 Å². The minimum atomic E-state index is -3.80. The van der Waals surface area contributed by atoms with E-state index in [-0.39, 0.29) is 38.9 Å². The third-order valence-electron chi connectivity index (χ3n) is 7.49. The fraction of sp³-hybridized carbons (Fsp3) is 0.121.